The van der Waals surface area contributed by atoms with Gasteiger partial charge in [-0.05, 0) is 69.5 Å². The van der Waals surface area contributed by atoms with Crippen molar-refractivity contribution in [3.8, 4) is 5.75 Å². The number of ether oxygens (including phenoxy) is 2. The second kappa shape index (κ2) is 10.3. The first-order valence-electron chi connectivity index (χ1n) is 10.1. The van der Waals surface area contributed by atoms with Gasteiger partial charge in [0.25, 0.3) is 5.91 Å². The van der Waals surface area contributed by atoms with E-state index in [1.165, 1.54) is 37.5 Å². The fraction of sp³-hybridized carbons (Fsp3) is 0.125. The van der Waals surface area contributed by atoms with Crippen molar-refractivity contribution >= 4 is 51.5 Å². The van der Waals surface area contributed by atoms with Crippen molar-refractivity contribution in [1.29, 1.82) is 0 Å². The van der Waals surface area contributed by atoms with Gasteiger partial charge in [-0.1, -0.05) is 23.7 Å². The lowest BCUT2D eigenvalue weighted by atomic mass is 10.1. The minimum Gasteiger partial charge on any atom is -0.486 e. The number of rotatable bonds is 7. The van der Waals surface area contributed by atoms with Crippen molar-refractivity contribution < 1.29 is 32.7 Å². The maximum absolute atomic E-state index is 13.4. The van der Waals surface area contributed by atoms with E-state index in [4.69, 9.17) is 20.8 Å². The Balaban J connectivity index is 1.48. The molecule has 0 unspecified atom stereocenters. The Hall–Kier alpha value is -3.63. The number of urea groups is 1. The van der Waals surface area contributed by atoms with E-state index in [-0.39, 0.29) is 41.2 Å². The predicted molar refractivity (Wildman–Crippen MR) is 127 cm³/mol. The summed E-state index contributed by atoms with van der Waals surface area (Å²) in [6.07, 6.45) is 1.47. The number of furan rings is 1. The Morgan fingerprint density at radius 3 is 2.74 bits per heavy atom. The number of imide groups is 1. The van der Waals surface area contributed by atoms with Gasteiger partial charge in [-0.3, -0.25) is 9.69 Å². The molecule has 180 valence electrons. The lowest BCUT2D eigenvalue weighted by Crippen LogP contribution is -2.30. The van der Waals surface area contributed by atoms with E-state index in [2.05, 4.69) is 26.0 Å². The summed E-state index contributed by atoms with van der Waals surface area (Å²) in [6, 6.07) is 11.5. The van der Waals surface area contributed by atoms with E-state index in [9.17, 15) is 18.8 Å². The average Bonchev–Trinajstić information content (AvgIpc) is 3.38. The van der Waals surface area contributed by atoms with Crippen LogP contribution in [0.4, 0.5) is 9.18 Å². The van der Waals surface area contributed by atoms with Gasteiger partial charge in [0, 0.05) is 0 Å². The zero-order chi connectivity index (χ0) is 25.1. The van der Waals surface area contributed by atoms with Crippen molar-refractivity contribution in [2.75, 3.05) is 7.11 Å². The zero-order valence-corrected chi connectivity index (χ0v) is 20.5. The van der Waals surface area contributed by atoms with E-state index in [1.54, 1.807) is 24.3 Å². The van der Waals surface area contributed by atoms with Gasteiger partial charge in [-0.25, -0.2) is 14.0 Å². The molecule has 0 radical (unpaired) electrons. The van der Waals surface area contributed by atoms with Crippen LogP contribution in [0, 0.1) is 5.82 Å². The summed E-state index contributed by atoms with van der Waals surface area (Å²) in [7, 11) is 1.22. The van der Waals surface area contributed by atoms with Gasteiger partial charge in [0.05, 0.1) is 23.1 Å². The van der Waals surface area contributed by atoms with Gasteiger partial charge in [0.15, 0.2) is 5.75 Å². The molecule has 0 bridgehead atoms. The minimum atomic E-state index is -0.667. The molecular weight excluding hydrogens is 547 g/mol. The Labute approximate surface area is 212 Å². The molecule has 0 aliphatic carbocycles. The number of hydrogen-bond donors (Lipinski definition) is 1. The first kappa shape index (κ1) is 24.5. The Morgan fingerprint density at radius 1 is 1.23 bits per heavy atom. The fourth-order valence-electron chi connectivity index (χ4n) is 3.29. The van der Waals surface area contributed by atoms with Gasteiger partial charge in [0.1, 0.15) is 23.9 Å². The van der Waals surface area contributed by atoms with Crippen LogP contribution in [0.5, 0.6) is 5.75 Å². The number of halogens is 3. The Kier molecular flexibility index (Phi) is 7.23. The van der Waals surface area contributed by atoms with E-state index >= 15 is 0 Å². The third-order valence-electron chi connectivity index (χ3n) is 4.93. The van der Waals surface area contributed by atoms with Crippen molar-refractivity contribution in [3.05, 3.63) is 92.2 Å². The molecule has 1 fully saturated rings. The molecule has 1 N–H and O–H groups in total. The minimum absolute atomic E-state index is 0.0335. The monoisotopic (exact) mass is 562 g/mol. The highest BCUT2D eigenvalue weighted by Crippen LogP contribution is 2.36. The maximum atomic E-state index is 13.4. The standard InChI is InChI=1S/C24H17BrClFN2O6/c1-33-23(31)20-6-5-16(35-20)11-29-22(30)19(28-24(29)32)10-14-8-17(25)21(18(26)9-14)34-12-13-3-2-4-15(27)7-13/h2-10H,11-12H2,1H3,(H,28,32)/b19-10-. The molecule has 4 rings (SSSR count). The quantitative estimate of drug-likeness (QED) is 0.238. The highest BCUT2D eigenvalue weighted by atomic mass is 79.9. The molecule has 3 aromatic rings. The van der Waals surface area contributed by atoms with Crippen LogP contribution in [0.3, 0.4) is 0 Å². The van der Waals surface area contributed by atoms with Crippen LogP contribution in [0.15, 0.2) is 63.1 Å². The predicted octanol–water partition coefficient (Wildman–Crippen LogP) is 5.29. The van der Waals surface area contributed by atoms with Crippen LogP contribution >= 0.6 is 27.5 Å². The van der Waals surface area contributed by atoms with Gasteiger partial charge >= 0.3 is 12.0 Å². The third-order valence-corrected chi connectivity index (χ3v) is 5.80. The number of carbonyl (C=O) groups excluding carboxylic acids is 3. The summed E-state index contributed by atoms with van der Waals surface area (Å²) in [5, 5.41) is 2.76. The molecule has 1 saturated heterocycles. The molecule has 0 atom stereocenters. The Bertz CT molecular complexity index is 1330. The number of amides is 3. The SMILES string of the molecule is COC(=O)c1ccc(CN2C(=O)N/C(=C\c3cc(Cl)c(OCc4cccc(F)c4)c(Br)c3)C2=O)o1. The van der Waals surface area contributed by atoms with Gasteiger partial charge < -0.3 is 19.2 Å². The zero-order valence-electron chi connectivity index (χ0n) is 18.1. The average molecular weight is 564 g/mol. The van der Waals surface area contributed by atoms with Crippen LogP contribution in [0.2, 0.25) is 5.02 Å². The van der Waals surface area contributed by atoms with E-state index < -0.39 is 17.9 Å². The molecule has 8 nitrogen and oxygen atoms in total. The second-order valence-corrected chi connectivity index (χ2v) is 8.63. The summed E-state index contributed by atoms with van der Waals surface area (Å²) in [5.74, 6) is -1.07. The van der Waals surface area contributed by atoms with Crippen molar-refractivity contribution in [2.45, 2.75) is 13.2 Å². The van der Waals surface area contributed by atoms with E-state index in [1.807, 2.05) is 0 Å². The first-order chi connectivity index (χ1) is 16.7. The third kappa shape index (κ3) is 5.55. The van der Waals surface area contributed by atoms with Crippen molar-refractivity contribution in [1.82, 2.24) is 10.2 Å². The number of hydrogen-bond acceptors (Lipinski definition) is 6. The molecule has 1 aliphatic rings. The van der Waals surface area contributed by atoms with Crippen LogP contribution in [-0.4, -0.2) is 29.9 Å². The molecule has 2 heterocycles. The summed E-state index contributed by atoms with van der Waals surface area (Å²) in [6.45, 7) is -0.0687. The Morgan fingerprint density at radius 2 is 2.03 bits per heavy atom. The summed E-state index contributed by atoms with van der Waals surface area (Å²) in [4.78, 5) is 37.6. The van der Waals surface area contributed by atoms with Gasteiger partial charge in [-0.2, -0.15) is 0 Å². The van der Waals surface area contributed by atoms with E-state index in [0.717, 1.165) is 4.90 Å². The molecule has 11 heteroatoms. The largest absolute Gasteiger partial charge is 0.486 e. The van der Waals surface area contributed by atoms with Crippen molar-refractivity contribution in [2.24, 2.45) is 0 Å². The van der Waals surface area contributed by atoms with Crippen LogP contribution in [0.1, 0.15) is 27.4 Å². The molecular formula is C24H17BrClFN2O6. The molecule has 0 spiro atoms. The maximum Gasteiger partial charge on any atom is 0.373 e. The van der Waals surface area contributed by atoms with Gasteiger partial charge in [-0.15, -0.1) is 0 Å². The number of nitrogens with zero attached hydrogens (tertiary/aromatic N) is 1. The summed E-state index contributed by atoms with van der Waals surface area (Å²) in [5.41, 5.74) is 1.19. The number of esters is 1. The lowest BCUT2D eigenvalue weighted by molar-refractivity contribution is -0.123. The number of methoxy groups -OCH3 is 1. The molecule has 3 amide bonds. The first-order valence-corrected chi connectivity index (χ1v) is 11.3. The molecule has 0 saturated carbocycles. The van der Waals surface area contributed by atoms with Crippen molar-refractivity contribution in [3.63, 3.8) is 0 Å². The lowest BCUT2D eigenvalue weighted by Gasteiger charge is -2.11. The second-order valence-electron chi connectivity index (χ2n) is 7.37. The normalized spacial score (nSPS) is 14.4. The van der Waals surface area contributed by atoms with Gasteiger partial charge in [0.2, 0.25) is 5.76 Å². The van der Waals surface area contributed by atoms with Crippen LogP contribution < -0.4 is 10.1 Å². The van der Waals surface area contributed by atoms with Crippen LogP contribution in [0.25, 0.3) is 6.08 Å². The molecule has 1 aliphatic heterocycles. The summed E-state index contributed by atoms with van der Waals surface area (Å²) < 4.78 is 29.5. The molecule has 1 aromatic heterocycles. The fourth-order valence-corrected chi connectivity index (χ4v) is 4.28. The number of benzene rings is 2. The number of carbonyl (C=O) groups is 3. The van der Waals surface area contributed by atoms with Crippen LogP contribution in [-0.2, 0) is 22.7 Å². The number of nitrogens with one attached hydrogen (secondary N) is 1. The highest BCUT2D eigenvalue weighted by Gasteiger charge is 2.34. The summed E-state index contributed by atoms with van der Waals surface area (Å²) >= 11 is 9.76. The molecule has 35 heavy (non-hydrogen) atoms. The molecule has 2 aromatic carbocycles. The highest BCUT2D eigenvalue weighted by molar-refractivity contribution is 9.10. The topological polar surface area (TPSA) is 98.1 Å². The smallest absolute Gasteiger partial charge is 0.373 e. The van der Waals surface area contributed by atoms with E-state index in [0.29, 0.717) is 21.3 Å².